The highest BCUT2D eigenvalue weighted by atomic mass is 32.2. The van der Waals surface area contributed by atoms with E-state index in [1.165, 1.54) is 0 Å². The summed E-state index contributed by atoms with van der Waals surface area (Å²) in [5.74, 6) is 0.696. The summed E-state index contributed by atoms with van der Waals surface area (Å²) < 4.78 is 0. The fraction of sp³-hybridized carbons (Fsp3) is 0.800. The lowest BCUT2D eigenvalue weighted by Gasteiger charge is -2.24. The first-order chi connectivity index (χ1) is 7.92. The van der Waals surface area contributed by atoms with E-state index in [0.29, 0.717) is 0 Å². The molecular weight excluding hydrogens is 244 g/mol. The number of aliphatic hydroxyl groups is 1. The fourth-order valence-electron chi connectivity index (χ4n) is 1.41. The minimum atomic E-state index is -1.93. The number of thioether (sulfide) groups is 1. The van der Waals surface area contributed by atoms with Crippen LogP contribution in [0.25, 0.3) is 0 Å². The zero-order valence-electron chi connectivity index (χ0n) is 9.73. The van der Waals surface area contributed by atoms with E-state index in [1.807, 2.05) is 11.8 Å². The van der Waals surface area contributed by atoms with Crippen LogP contribution in [0, 0.1) is 0 Å². The van der Waals surface area contributed by atoms with E-state index in [1.54, 1.807) is 0 Å². The van der Waals surface area contributed by atoms with Gasteiger partial charge in [-0.3, -0.25) is 0 Å². The molecule has 0 radical (unpaired) electrons. The van der Waals surface area contributed by atoms with Gasteiger partial charge in [0.1, 0.15) is 0 Å². The van der Waals surface area contributed by atoms with Gasteiger partial charge < -0.3 is 20.8 Å². The Hall–Kier alpha value is -0.950. The molecule has 1 aliphatic heterocycles. The van der Waals surface area contributed by atoms with Gasteiger partial charge in [-0.25, -0.2) is 9.59 Å². The number of carboxylic acid groups (broad SMARTS) is 1. The van der Waals surface area contributed by atoms with Gasteiger partial charge in [0.25, 0.3) is 0 Å². The van der Waals surface area contributed by atoms with Crippen molar-refractivity contribution < 1.29 is 19.8 Å². The van der Waals surface area contributed by atoms with E-state index >= 15 is 0 Å². The van der Waals surface area contributed by atoms with Gasteiger partial charge in [-0.2, -0.15) is 11.8 Å². The highest BCUT2D eigenvalue weighted by Gasteiger charge is 2.30. The van der Waals surface area contributed by atoms with Gasteiger partial charge in [-0.1, -0.05) is 0 Å². The monoisotopic (exact) mass is 262 g/mol. The van der Waals surface area contributed by atoms with Gasteiger partial charge in [0.05, 0.1) is 6.54 Å². The highest BCUT2D eigenvalue weighted by molar-refractivity contribution is 7.99. The third-order valence-electron chi connectivity index (χ3n) is 2.61. The maximum atomic E-state index is 11.4. The Kier molecular flexibility index (Phi) is 5.07. The van der Waals surface area contributed by atoms with E-state index in [-0.39, 0.29) is 12.6 Å². The summed E-state index contributed by atoms with van der Waals surface area (Å²) in [6.07, 6.45) is 1.85. The molecule has 0 aliphatic carbocycles. The van der Waals surface area contributed by atoms with Crippen molar-refractivity contribution in [3.05, 3.63) is 0 Å². The first-order valence-electron chi connectivity index (χ1n) is 5.50. The Bertz CT molecular complexity index is 290. The standard InChI is InChI=1S/C10H18N2O4S/c1-10(16,8(13)14)6-11-9(15)12-7-2-4-17-5-3-7/h7,16H,2-6H2,1H3,(H,13,14)(H2,11,12,15). The van der Waals surface area contributed by atoms with Crippen LogP contribution in [-0.2, 0) is 4.79 Å². The minimum Gasteiger partial charge on any atom is -0.479 e. The predicted molar refractivity (Wildman–Crippen MR) is 65.1 cm³/mol. The molecule has 1 fully saturated rings. The Morgan fingerprint density at radius 2 is 2.00 bits per heavy atom. The first-order valence-corrected chi connectivity index (χ1v) is 6.65. The maximum Gasteiger partial charge on any atom is 0.337 e. The van der Waals surface area contributed by atoms with Crippen molar-refractivity contribution in [3.63, 3.8) is 0 Å². The second-order valence-corrected chi connectivity index (χ2v) is 5.52. The van der Waals surface area contributed by atoms with Crippen LogP contribution in [0.3, 0.4) is 0 Å². The molecule has 0 bridgehead atoms. The summed E-state index contributed by atoms with van der Waals surface area (Å²) in [6.45, 7) is 0.836. The number of carbonyl (C=O) groups excluding carboxylic acids is 1. The van der Waals surface area contributed by atoms with Crippen LogP contribution in [0.15, 0.2) is 0 Å². The lowest BCUT2D eigenvalue weighted by atomic mass is 10.1. The molecule has 0 aromatic rings. The van der Waals surface area contributed by atoms with Gasteiger partial charge in [-0.05, 0) is 31.3 Å². The summed E-state index contributed by atoms with van der Waals surface area (Å²) in [5, 5.41) is 23.2. The molecule has 2 amide bonds. The SMILES string of the molecule is CC(O)(CNC(=O)NC1CCSCC1)C(=O)O. The van der Waals surface area contributed by atoms with E-state index < -0.39 is 17.6 Å². The summed E-state index contributed by atoms with van der Waals surface area (Å²) in [6, 6.07) is -0.283. The molecule has 7 heteroatoms. The third-order valence-corrected chi connectivity index (χ3v) is 3.66. The van der Waals surface area contributed by atoms with Gasteiger partial charge in [0.2, 0.25) is 0 Å². The molecule has 1 aliphatic rings. The van der Waals surface area contributed by atoms with Crippen LogP contribution >= 0.6 is 11.8 Å². The zero-order valence-corrected chi connectivity index (χ0v) is 10.5. The number of aliphatic carboxylic acids is 1. The normalized spacial score (nSPS) is 20.4. The number of nitrogens with one attached hydrogen (secondary N) is 2. The van der Waals surface area contributed by atoms with Crippen LogP contribution in [0.1, 0.15) is 19.8 Å². The molecule has 4 N–H and O–H groups in total. The first kappa shape index (κ1) is 14.1. The summed E-state index contributed by atoms with van der Waals surface area (Å²) in [7, 11) is 0. The van der Waals surface area contributed by atoms with Crippen LogP contribution in [0.2, 0.25) is 0 Å². The summed E-state index contributed by atoms with van der Waals surface area (Å²) in [5.41, 5.74) is -1.93. The Balaban J connectivity index is 2.27. The van der Waals surface area contributed by atoms with E-state index in [2.05, 4.69) is 10.6 Å². The second kappa shape index (κ2) is 6.11. The number of hydrogen-bond acceptors (Lipinski definition) is 4. The van der Waals surface area contributed by atoms with Crippen molar-refractivity contribution >= 4 is 23.8 Å². The molecule has 1 unspecified atom stereocenters. The van der Waals surface area contributed by atoms with Crippen molar-refractivity contribution in [2.45, 2.75) is 31.4 Å². The third kappa shape index (κ3) is 4.82. The molecule has 6 nitrogen and oxygen atoms in total. The van der Waals surface area contributed by atoms with Crippen molar-refractivity contribution in [2.24, 2.45) is 0 Å². The van der Waals surface area contributed by atoms with Crippen molar-refractivity contribution in [2.75, 3.05) is 18.1 Å². The van der Waals surface area contributed by atoms with Crippen LogP contribution in [0.4, 0.5) is 4.79 Å². The predicted octanol–water partition coefficient (Wildman–Crippen LogP) is 0.0168. The number of carbonyl (C=O) groups is 2. The fourth-order valence-corrected chi connectivity index (χ4v) is 2.51. The van der Waals surface area contributed by atoms with E-state index in [9.17, 15) is 14.7 Å². The number of urea groups is 1. The molecule has 0 aromatic heterocycles. The molecule has 1 saturated heterocycles. The molecule has 0 spiro atoms. The van der Waals surface area contributed by atoms with Crippen LogP contribution in [0.5, 0.6) is 0 Å². The summed E-state index contributed by atoms with van der Waals surface area (Å²) in [4.78, 5) is 22.0. The van der Waals surface area contributed by atoms with Crippen molar-refractivity contribution in [1.82, 2.24) is 10.6 Å². The summed E-state index contributed by atoms with van der Waals surface area (Å²) >= 11 is 1.86. The molecule has 1 heterocycles. The van der Waals surface area contributed by atoms with Gasteiger partial charge in [-0.15, -0.1) is 0 Å². The maximum absolute atomic E-state index is 11.4. The Morgan fingerprint density at radius 3 is 2.53 bits per heavy atom. The molecule has 98 valence electrons. The Morgan fingerprint density at radius 1 is 1.41 bits per heavy atom. The Labute approximate surface area is 104 Å². The van der Waals surface area contributed by atoms with Crippen molar-refractivity contribution in [3.8, 4) is 0 Å². The largest absolute Gasteiger partial charge is 0.479 e. The molecule has 17 heavy (non-hydrogen) atoms. The van der Waals surface area contributed by atoms with Crippen LogP contribution < -0.4 is 10.6 Å². The van der Waals surface area contributed by atoms with Gasteiger partial charge in [0.15, 0.2) is 5.60 Å². The second-order valence-electron chi connectivity index (χ2n) is 4.29. The number of carboxylic acids is 1. The van der Waals surface area contributed by atoms with E-state index in [4.69, 9.17) is 5.11 Å². The molecule has 1 rings (SSSR count). The lowest BCUT2D eigenvalue weighted by Crippen LogP contribution is -2.51. The minimum absolute atomic E-state index is 0.144. The van der Waals surface area contributed by atoms with Crippen LogP contribution in [-0.4, -0.2) is 51.9 Å². The average Bonchev–Trinajstić information content (AvgIpc) is 2.28. The quantitative estimate of drug-likeness (QED) is 0.572. The number of rotatable bonds is 4. The molecular formula is C10H18N2O4S. The zero-order chi connectivity index (χ0) is 12.9. The van der Waals surface area contributed by atoms with Crippen molar-refractivity contribution in [1.29, 1.82) is 0 Å². The highest BCUT2D eigenvalue weighted by Crippen LogP contribution is 2.16. The van der Waals surface area contributed by atoms with Gasteiger partial charge in [0, 0.05) is 6.04 Å². The lowest BCUT2D eigenvalue weighted by molar-refractivity contribution is -0.155. The smallest absolute Gasteiger partial charge is 0.337 e. The number of amides is 2. The molecule has 0 saturated carbocycles. The average molecular weight is 262 g/mol. The number of hydrogen-bond donors (Lipinski definition) is 4. The molecule has 1 atom stereocenters. The van der Waals surface area contributed by atoms with E-state index in [0.717, 1.165) is 31.3 Å². The van der Waals surface area contributed by atoms with Gasteiger partial charge >= 0.3 is 12.0 Å². The topological polar surface area (TPSA) is 98.7 Å². The molecule has 0 aromatic carbocycles.